The first kappa shape index (κ1) is 17.5. The van der Waals surface area contributed by atoms with Gasteiger partial charge in [0.2, 0.25) is 0 Å². The van der Waals surface area contributed by atoms with Gasteiger partial charge in [0.25, 0.3) is 0 Å². The lowest BCUT2D eigenvalue weighted by Gasteiger charge is -2.18. The quantitative estimate of drug-likeness (QED) is 0.492. The topological polar surface area (TPSA) is 22.1 Å². The third-order valence-electron chi connectivity index (χ3n) is 4.27. The van der Waals surface area contributed by atoms with Gasteiger partial charge in [0.05, 0.1) is 0 Å². The number of pyridine rings is 1. The third-order valence-corrected chi connectivity index (χ3v) is 4.52. The number of hydrogen-bond donors (Lipinski definition) is 0. The molecule has 0 N–H and O–H groups in total. The summed E-state index contributed by atoms with van der Waals surface area (Å²) in [5, 5.41) is 0.981. The molecule has 0 unspecified atom stereocenters. The first-order valence-corrected chi connectivity index (χ1v) is 8.70. The normalized spacial score (nSPS) is 10.8. The molecular weight excluding hydrogens is 366 g/mol. The van der Waals surface area contributed by atoms with Gasteiger partial charge >= 0.3 is 6.92 Å². The van der Waals surface area contributed by atoms with E-state index in [0.29, 0.717) is 21.7 Å². The third kappa shape index (κ3) is 3.64. The minimum Gasteiger partial charge on any atom is -0.550 e. The summed E-state index contributed by atoms with van der Waals surface area (Å²) in [5.41, 5.74) is 2.02. The maximum Gasteiger partial charge on any atom is 0.426 e. The standard InChI is InChI=1S/C21H13BClF2NO/c23-16-7-3-14(4-8-16)22(15-5-9-17(24)10-6-15)27-20-12-11-19(25)18-2-1-13-26-21(18)20/h1-13H. The van der Waals surface area contributed by atoms with Crippen LogP contribution in [-0.4, -0.2) is 11.9 Å². The molecule has 0 saturated carbocycles. The minimum absolute atomic E-state index is 0.331. The van der Waals surface area contributed by atoms with Gasteiger partial charge in [0, 0.05) is 16.6 Å². The molecule has 0 aliphatic rings. The van der Waals surface area contributed by atoms with Crippen LogP contribution in [0.5, 0.6) is 5.75 Å². The molecule has 0 aliphatic heterocycles. The maximum absolute atomic E-state index is 14.1. The molecule has 2 nitrogen and oxygen atoms in total. The van der Waals surface area contributed by atoms with Crippen molar-refractivity contribution in [1.29, 1.82) is 0 Å². The van der Waals surface area contributed by atoms with Gasteiger partial charge in [0.1, 0.15) is 22.9 Å². The highest BCUT2D eigenvalue weighted by molar-refractivity contribution is 6.80. The van der Waals surface area contributed by atoms with E-state index in [1.807, 2.05) is 12.1 Å². The smallest absolute Gasteiger partial charge is 0.426 e. The molecule has 0 spiro atoms. The largest absolute Gasteiger partial charge is 0.550 e. The predicted molar refractivity (Wildman–Crippen MR) is 105 cm³/mol. The molecule has 1 heterocycles. The highest BCUT2D eigenvalue weighted by atomic mass is 35.5. The average Bonchev–Trinajstić information content (AvgIpc) is 2.70. The van der Waals surface area contributed by atoms with Gasteiger partial charge in [-0.25, -0.2) is 8.78 Å². The Balaban J connectivity index is 1.81. The summed E-state index contributed by atoms with van der Waals surface area (Å²) in [6.07, 6.45) is 1.59. The Morgan fingerprint density at radius 2 is 1.48 bits per heavy atom. The summed E-state index contributed by atoms with van der Waals surface area (Å²) in [6, 6.07) is 19.5. The first-order chi connectivity index (χ1) is 13.1. The summed E-state index contributed by atoms with van der Waals surface area (Å²) >= 11 is 6.00. The van der Waals surface area contributed by atoms with Gasteiger partial charge in [-0.3, -0.25) is 4.98 Å². The zero-order valence-corrected chi connectivity index (χ0v) is 14.8. The molecule has 0 fully saturated rings. The van der Waals surface area contributed by atoms with Crippen LogP contribution < -0.4 is 15.6 Å². The minimum atomic E-state index is -0.529. The Hall–Kier alpha value is -2.92. The van der Waals surface area contributed by atoms with Crippen LogP contribution in [0.3, 0.4) is 0 Å². The molecule has 0 saturated heterocycles. The van der Waals surface area contributed by atoms with Gasteiger partial charge in [-0.15, -0.1) is 0 Å². The number of aromatic nitrogens is 1. The molecule has 0 radical (unpaired) electrons. The Morgan fingerprint density at radius 1 is 0.815 bits per heavy atom. The Morgan fingerprint density at radius 3 is 2.19 bits per heavy atom. The van der Waals surface area contributed by atoms with Crippen molar-refractivity contribution in [2.45, 2.75) is 0 Å². The van der Waals surface area contributed by atoms with Gasteiger partial charge in [-0.2, -0.15) is 0 Å². The van der Waals surface area contributed by atoms with Crippen molar-refractivity contribution in [3.05, 3.63) is 95.7 Å². The number of rotatable bonds is 4. The second kappa shape index (κ2) is 7.37. The van der Waals surface area contributed by atoms with Crippen molar-refractivity contribution in [3.8, 4) is 5.75 Å². The van der Waals surface area contributed by atoms with E-state index in [-0.39, 0.29) is 11.6 Å². The van der Waals surface area contributed by atoms with E-state index < -0.39 is 6.92 Å². The molecule has 27 heavy (non-hydrogen) atoms. The zero-order valence-electron chi connectivity index (χ0n) is 14.1. The molecule has 0 aliphatic carbocycles. The van der Waals surface area contributed by atoms with Crippen molar-refractivity contribution >= 4 is 40.3 Å². The van der Waals surface area contributed by atoms with Crippen LogP contribution in [0.2, 0.25) is 5.02 Å². The van der Waals surface area contributed by atoms with Gasteiger partial charge in [-0.05, 0) is 59.5 Å². The van der Waals surface area contributed by atoms with E-state index in [1.165, 1.54) is 18.2 Å². The number of nitrogens with zero attached hydrogens (tertiary/aromatic N) is 1. The predicted octanol–water partition coefficient (Wildman–Crippen LogP) is 4.35. The molecule has 0 amide bonds. The van der Waals surface area contributed by atoms with Crippen LogP contribution in [0.4, 0.5) is 8.78 Å². The van der Waals surface area contributed by atoms with Crippen molar-refractivity contribution in [2.24, 2.45) is 0 Å². The molecule has 4 aromatic rings. The summed E-state index contributed by atoms with van der Waals surface area (Å²) in [7, 11) is 0. The van der Waals surface area contributed by atoms with Gasteiger partial charge < -0.3 is 4.65 Å². The van der Waals surface area contributed by atoms with Gasteiger partial charge in [0.15, 0.2) is 0 Å². The zero-order chi connectivity index (χ0) is 18.8. The lowest BCUT2D eigenvalue weighted by molar-refractivity contribution is 0.590. The lowest BCUT2D eigenvalue weighted by Crippen LogP contribution is -2.47. The van der Waals surface area contributed by atoms with Crippen molar-refractivity contribution in [2.75, 3.05) is 0 Å². The summed E-state index contributed by atoms with van der Waals surface area (Å²) in [6.45, 7) is -0.529. The second-order valence-corrected chi connectivity index (χ2v) is 6.48. The molecule has 1 aromatic heterocycles. The van der Waals surface area contributed by atoms with Crippen LogP contribution in [-0.2, 0) is 0 Å². The summed E-state index contributed by atoms with van der Waals surface area (Å²) in [5.74, 6) is -0.256. The summed E-state index contributed by atoms with van der Waals surface area (Å²) in [4.78, 5) is 4.26. The van der Waals surface area contributed by atoms with E-state index in [1.54, 1.807) is 48.7 Å². The van der Waals surface area contributed by atoms with Crippen LogP contribution in [0.15, 0.2) is 79.0 Å². The fourth-order valence-electron chi connectivity index (χ4n) is 2.94. The Bertz CT molecular complexity index is 1040. The van der Waals surface area contributed by atoms with Crippen molar-refractivity contribution in [1.82, 2.24) is 4.98 Å². The van der Waals surface area contributed by atoms with Gasteiger partial charge in [-0.1, -0.05) is 35.9 Å². The molecule has 0 bridgehead atoms. The van der Waals surface area contributed by atoms with Crippen LogP contribution in [0.25, 0.3) is 10.9 Å². The van der Waals surface area contributed by atoms with E-state index >= 15 is 0 Å². The molecule has 4 rings (SSSR count). The van der Waals surface area contributed by atoms with Crippen molar-refractivity contribution < 1.29 is 13.4 Å². The van der Waals surface area contributed by atoms with E-state index in [2.05, 4.69) is 4.98 Å². The van der Waals surface area contributed by atoms with Crippen LogP contribution >= 0.6 is 11.6 Å². The van der Waals surface area contributed by atoms with Crippen molar-refractivity contribution in [3.63, 3.8) is 0 Å². The lowest BCUT2D eigenvalue weighted by atomic mass is 9.55. The van der Waals surface area contributed by atoms with Crippen LogP contribution in [0, 0.1) is 11.6 Å². The summed E-state index contributed by atoms with van der Waals surface area (Å²) < 4.78 is 33.7. The molecule has 6 heteroatoms. The molecule has 0 atom stereocenters. The second-order valence-electron chi connectivity index (χ2n) is 6.05. The molecule has 3 aromatic carbocycles. The monoisotopic (exact) mass is 379 g/mol. The Labute approximate surface area is 160 Å². The molecule has 132 valence electrons. The van der Waals surface area contributed by atoms with Crippen LogP contribution in [0.1, 0.15) is 0 Å². The molecular formula is C21H13BClF2NO. The Kier molecular flexibility index (Phi) is 4.78. The SMILES string of the molecule is Fc1ccc(B(Oc2ccc(F)c3cccnc23)c2ccc(Cl)cc2)cc1. The number of benzene rings is 3. The first-order valence-electron chi connectivity index (χ1n) is 8.32. The number of fused-ring (bicyclic) bond motifs is 1. The fraction of sp³-hybridized carbons (Fsp3) is 0. The number of hydrogen-bond acceptors (Lipinski definition) is 2. The average molecular weight is 380 g/mol. The fourth-order valence-corrected chi connectivity index (χ4v) is 3.06. The number of halogens is 3. The highest BCUT2D eigenvalue weighted by Gasteiger charge is 2.25. The van der Waals surface area contributed by atoms with E-state index in [0.717, 1.165) is 10.9 Å². The van der Waals surface area contributed by atoms with E-state index in [4.69, 9.17) is 16.3 Å². The van der Waals surface area contributed by atoms with E-state index in [9.17, 15) is 8.78 Å². The maximum atomic E-state index is 14.1. The highest BCUT2D eigenvalue weighted by Crippen LogP contribution is 2.26.